The highest BCUT2D eigenvalue weighted by Crippen LogP contribution is 2.17. The van der Waals surface area contributed by atoms with Gasteiger partial charge in [-0.25, -0.2) is 0 Å². The Bertz CT molecular complexity index is 737. The lowest BCUT2D eigenvalue weighted by Gasteiger charge is -1.94. The lowest BCUT2D eigenvalue weighted by atomic mass is 10.1. The van der Waals surface area contributed by atoms with Crippen molar-refractivity contribution in [1.29, 1.82) is 0 Å². The van der Waals surface area contributed by atoms with Crippen molar-refractivity contribution in [2.45, 2.75) is 6.92 Å². The predicted molar refractivity (Wildman–Crippen MR) is 76.6 cm³/mol. The van der Waals surface area contributed by atoms with E-state index in [1.807, 2.05) is 50.5 Å². The summed E-state index contributed by atoms with van der Waals surface area (Å²) >= 11 is 0. The summed E-state index contributed by atoms with van der Waals surface area (Å²) in [7, 11) is 1.87. The largest absolute Gasteiger partial charge is 0.334 e. The molecular weight excluding hydrogens is 252 g/mol. The van der Waals surface area contributed by atoms with E-state index < -0.39 is 0 Å². The molecule has 0 saturated carbocycles. The Morgan fingerprint density at radius 1 is 1.15 bits per heavy atom. The van der Waals surface area contributed by atoms with Gasteiger partial charge in [0.25, 0.3) is 5.89 Å². The van der Waals surface area contributed by atoms with Crippen LogP contribution in [0.5, 0.6) is 0 Å². The van der Waals surface area contributed by atoms with Crippen LogP contribution in [0, 0.1) is 6.92 Å². The fourth-order valence-electron chi connectivity index (χ4n) is 1.82. The lowest BCUT2D eigenvalue weighted by molar-refractivity contribution is 0.411. The van der Waals surface area contributed by atoms with E-state index in [2.05, 4.69) is 15.2 Å². The van der Waals surface area contributed by atoms with Gasteiger partial charge < -0.3 is 4.52 Å². The Balaban J connectivity index is 1.80. The second kappa shape index (κ2) is 5.13. The number of nitrogens with zero attached hydrogens (tertiary/aromatic N) is 4. The van der Waals surface area contributed by atoms with Crippen molar-refractivity contribution < 1.29 is 4.52 Å². The fourth-order valence-corrected chi connectivity index (χ4v) is 1.82. The van der Waals surface area contributed by atoms with Crippen LogP contribution in [0.1, 0.15) is 17.0 Å². The highest BCUT2D eigenvalue weighted by molar-refractivity contribution is 5.66. The molecule has 0 radical (unpaired) electrons. The molecule has 5 nitrogen and oxygen atoms in total. The Labute approximate surface area is 116 Å². The molecule has 0 aliphatic heterocycles. The zero-order chi connectivity index (χ0) is 13.9. The molecule has 5 heteroatoms. The van der Waals surface area contributed by atoms with Gasteiger partial charge in [-0.2, -0.15) is 10.1 Å². The monoisotopic (exact) mass is 266 g/mol. The predicted octanol–water partition coefficient (Wildman–Crippen LogP) is 2.95. The molecule has 20 heavy (non-hydrogen) atoms. The lowest BCUT2D eigenvalue weighted by Crippen LogP contribution is -1.83. The number of hydrogen-bond donors (Lipinski definition) is 0. The molecule has 0 N–H and O–H groups in total. The van der Waals surface area contributed by atoms with Crippen molar-refractivity contribution in [3.05, 3.63) is 53.7 Å². The molecule has 0 bridgehead atoms. The quantitative estimate of drug-likeness (QED) is 0.731. The van der Waals surface area contributed by atoms with Crippen molar-refractivity contribution in [3.8, 4) is 11.4 Å². The van der Waals surface area contributed by atoms with Crippen LogP contribution >= 0.6 is 0 Å². The van der Waals surface area contributed by atoms with Gasteiger partial charge in [-0.15, -0.1) is 0 Å². The van der Waals surface area contributed by atoms with Crippen LogP contribution in [-0.4, -0.2) is 19.9 Å². The minimum absolute atomic E-state index is 0.476. The van der Waals surface area contributed by atoms with Crippen LogP contribution in [0.4, 0.5) is 0 Å². The Morgan fingerprint density at radius 2 is 1.95 bits per heavy atom. The SMILES string of the molecule is Cc1ccc(-c2noc(/C=C/c3cnn(C)c3)n2)cc1. The minimum Gasteiger partial charge on any atom is -0.334 e. The average Bonchev–Trinajstić information content (AvgIpc) is 3.06. The summed E-state index contributed by atoms with van der Waals surface area (Å²) < 4.78 is 6.94. The van der Waals surface area contributed by atoms with Crippen molar-refractivity contribution in [3.63, 3.8) is 0 Å². The average molecular weight is 266 g/mol. The third-order valence-electron chi connectivity index (χ3n) is 2.89. The molecule has 2 heterocycles. The summed E-state index contributed by atoms with van der Waals surface area (Å²) in [5.41, 5.74) is 3.14. The van der Waals surface area contributed by atoms with Gasteiger partial charge in [0.05, 0.1) is 6.20 Å². The highest BCUT2D eigenvalue weighted by Gasteiger charge is 2.05. The Hall–Kier alpha value is -2.69. The smallest absolute Gasteiger partial charge is 0.250 e. The summed E-state index contributed by atoms with van der Waals surface area (Å²) in [4.78, 5) is 4.34. The molecule has 100 valence electrons. The van der Waals surface area contributed by atoms with Gasteiger partial charge in [-0.3, -0.25) is 4.68 Å². The van der Waals surface area contributed by atoms with Crippen molar-refractivity contribution in [2.24, 2.45) is 7.05 Å². The standard InChI is InChI=1S/C15H14N4O/c1-11-3-6-13(7-4-11)15-17-14(20-18-15)8-5-12-9-16-19(2)10-12/h3-10H,1-2H3/b8-5+. The number of hydrogen-bond acceptors (Lipinski definition) is 4. The Kier molecular flexibility index (Phi) is 3.16. The van der Waals surface area contributed by atoms with Gasteiger partial charge >= 0.3 is 0 Å². The highest BCUT2D eigenvalue weighted by atomic mass is 16.5. The van der Waals surface area contributed by atoms with Crippen molar-refractivity contribution in [1.82, 2.24) is 19.9 Å². The molecule has 0 aliphatic carbocycles. The summed E-state index contributed by atoms with van der Waals surface area (Å²) in [6.07, 6.45) is 7.35. The Morgan fingerprint density at radius 3 is 2.65 bits per heavy atom. The van der Waals surface area contributed by atoms with Crippen LogP contribution in [0.25, 0.3) is 23.5 Å². The zero-order valence-corrected chi connectivity index (χ0v) is 11.3. The maximum atomic E-state index is 5.20. The van der Waals surface area contributed by atoms with E-state index in [0.29, 0.717) is 11.7 Å². The van der Waals surface area contributed by atoms with E-state index >= 15 is 0 Å². The van der Waals surface area contributed by atoms with Gasteiger partial charge in [0, 0.05) is 30.4 Å². The first-order valence-electron chi connectivity index (χ1n) is 6.28. The summed E-state index contributed by atoms with van der Waals surface area (Å²) in [6, 6.07) is 8.01. The molecule has 0 spiro atoms. The number of benzene rings is 1. The molecule has 0 unspecified atom stereocenters. The van der Waals surface area contributed by atoms with E-state index in [4.69, 9.17) is 4.52 Å². The molecule has 0 atom stereocenters. The summed E-state index contributed by atoms with van der Waals surface area (Å²) in [5, 5.41) is 8.06. The van der Waals surface area contributed by atoms with Gasteiger partial charge in [0.2, 0.25) is 5.82 Å². The van der Waals surface area contributed by atoms with E-state index in [-0.39, 0.29) is 0 Å². The van der Waals surface area contributed by atoms with Crippen LogP contribution in [0.2, 0.25) is 0 Å². The van der Waals surface area contributed by atoms with Crippen molar-refractivity contribution >= 4 is 12.2 Å². The third-order valence-corrected chi connectivity index (χ3v) is 2.89. The van der Waals surface area contributed by atoms with E-state index in [0.717, 1.165) is 11.1 Å². The molecule has 1 aromatic carbocycles. The number of aromatic nitrogens is 4. The summed E-state index contributed by atoms with van der Waals surface area (Å²) in [5.74, 6) is 1.07. The minimum atomic E-state index is 0.476. The molecule has 0 aliphatic rings. The molecule has 0 amide bonds. The van der Waals surface area contributed by atoms with Crippen LogP contribution in [-0.2, 0) is 7.05 Å². The van der Waals surface area contributed by atoms with Gasteiger partial charge in [-0.05, 0) is 13.0 Å². The van der Waals surface area contributed by atoms with E-state index in [1.54, 1.807) is 17.0 Å². The summed E-state index contributed by atoms with van der Waals surface area (Å²) in [6.45, 7) is 2.04. The second-order valence-corrected chi connectivity index (χ2v) is 4.60. The van der Waals surface area contributed by atoms with Gasteiger partial charge in [-0.1, -0.05) is 35.0 Å². The maximum absolute atomic E-state index is 5.20. The van der Waals surface area contributed by atoms with Gasteiger partial charge in [0.1, 0.15) is 0 Å². The maximum Gasteiger partial charge on any atom is 0.250 e. The third kappa shape index (κ3) is 2.66. The first-order valence-corrected chi connectivity index (χ1v) is 6.28. The van der Waals surface area contributed by atoms with Crippen LogP contribution < -0.4 is 0 Å². The first kappa shape index (κ1) is 12.3. The van der Waals surface area contributed by atoms with E-state index in [1.165, 1.54) is 5.56 Å². The molecule has 3 aromatic rings. The number of rotatable bonds is 3. The fraction of sp³-hybridized carbons (Fsp3) is 0.133. The van der Waals surface area contributed by atoms with E-state index in [9.17, 15) is 0 Å². The van der Waals surface area contributed by atoms with Crippen LogP contribution in [0.3, 0.4) is 0 Å². The molecular formula is C15H14N4O. The van der Waals surface area contributed by atoms with Crippen LogP contribution in [0.15, 0.2) is 41.2 Å². The first-order chi connectivity index (χ1) is 9.70. The molecule has 3 rings (SSSR count). The van der Waals surface area contributed by atoms with Crippen molar-refractivity contribution in [2.75, 3.05) is 0 Å². The number of aryl methyl sites for hydroxylation is 2. The molecule has 0 saturated heterocycles. The molecule has 0 fully saturated rings. The zero-order valence-electron chi connectivity index (χ0n) is 11.3. The normalized spacial score (nSPS) is 11.3. The van der Waals surface area contributed by atoms with Gasteiger partial charge in [0.15, 0.2) is 0 Å². The topological polar surface area (TPSA) is 56.7 Å². The second-order valence-electron chi connectivity index (χ2n) is 4.60. The molecule has 2 aromatic heterocycles.